The summed E-state index contributed by atoms with van der Waals surface area (Å²) in [5.41, 5.74) is 6.15. The Hall–Kier alpha value is -3.06. The van der Waals surface area contributed by atoms with Crippen LogP contribution in [0.25, 0.3) is 5.69 Å². The molecule has 2 aliphatic rings. The molecule has 0 bridgehead atoms. The molecule has 0 atom stereocenters. The number of hydrogen-bond acceptors (Lipinski definition) is 5. The smallest absolute Gasteiger partial charge is 0.273 e. The zero-order valence-electron chi connectivity index (χ0n) is 18.6. The van der Waals surface area contributed by atoms with Gasteiger partial charge in [0.2, 0.25) is 0 Å². The zero-order chi connectivity index (χ0) is 21.9. The van der Waals surface area contributed by atoms with Crippen LogP contribution in [0.2, 0.25) is 0 Å². The molecule has 166 valence electrons. The third kappa shape index (κ3) is 4.30. The van der Waals surface area contributed by atoms with E-state index in [2.05, 4.69) is 55.8 Å². The Balaban J connectivity index is 1.34. The van der Waals surface area contributed by atoms with E-state index in [9.17, 15) is 4.79 Å². The summed E-state index contributed by atoms with van der Waals surface area (Å²) in [4.78, 5) is 19.4. The van der Waals surface area contributed by atoms with Gasteiger partial charge in [-0.15, -0.1) is 5.10 Å². The van der Waals surface area contributed by atoms with Gasteiger partial charge >= 0.3 is 0 Å². The molecule has 1 aromatic carbocycles. The fraction of sp³-hybridized carbons (Fsp3) is 0.440. The maximum absolute atomic E-state index is 12.8. The Morgan fingerprint density at radius 2 is 1.94 bits per heavy atom. The van der Waals surface area contributed by atoms with Crippen LogP contribution in [-0.2, 0) is 19.5 Å². The molecule has 2 aromatic heterocycles. The van der Waals surface area contributed by atoms with E-state index in [1.165, 1.54) is 36.0 Å². The molecular weight excluding hydrogens is 400 g/mol. The van der Waals surface area contributed by atoms with Crippen molar-refractivity contribution in [1.82, 2.24) is 30.2 Å². The third-order valence-electron chi connectivity index (χ3n) is 6.75. The van der Waals surface area contributed by atoms with Gasteiger partial charge in [0.25, 0.3) is 5.91 Å². The molecule has 1 fully saturated rings. The number of rotatable bonds is 5. The second kappa shape index (κ2) is 9.20. The van der Waals surface area contributed by atoms with Crippen molar-refractivity contribution in [2.75, 3.05) is 6.54 Å². The molecule has 1 N–H and O–H groups in total. The van der Waals surface area contributed by atoms with Gasteiger partial charge in [-0.2, -0.15) is 0 Å². The third-order valence-corrected chi connectivity index (χ3v) is 6.75. The first-order chi connectivity index (χ1) is 15.7. The normalized spacial score (nSPS) is 17.2. The molecule has 0 radical (unpaired) electrons. The SMILES string of the molecule is Cc1c(C(=O)NC2CCCCC2)nnn1-c1cccc2c1CCN(Cc1ccncc1)C2. The molecule has 0 spiro atoms. The van der Waals surface area contributed by atoms with Crippen LogP contribution in [0.15, 0.2) is 42.7 Å². The second-order valence-corrected chi connectivity index (χ2v) is 8.97. The average Bonchev–Trinajstić information content (AvgIpc) is 3.21. The van der Waals surface area contributed by atoms with Crippen LogP contribution in [0.1, 0.15) is 65.0 Å². The molecule has 32 heavy (non-hydrogen) atoms. The first-order valence-electron chi connectivity index (χ1n) is 11.6. The lowest BCUT2D eigenvalue weighted by atomic mass is 9.95. The Labute approximate surface area is 188 Å². The van der Waals surface area contributed by atoms with E-state index < -0.39 is 0 Å². The second-order valence-electron chi connectivity index (χ2n) is 8.97. The summed E-state index contributed by atoms with van der Waals surface area (Å²) in [6.45, 7) is 4.73. The van der Waals surface area contributed by atoms with Crippen LogP contribution in [0.4, 0.5) is 0 Å². The van der Waals surface area contributed by atoms with E-state index in [1.807, 2.05) is 24.0 Å². The molecule has 5 rings (SSSR count). The summed E-state index contributed by atoms with van der Waals surface area (Å²) in [5.74, 6) is -0.103. The summed E-state index contributed by atoms with van der Waals surface area (Å²) in [7, 11) is 0. The number of hydrogen-bond donors (Lipinski definition) is 1. The van der Waals surface area contributed by atoms with Crippen molar-refractivity contribution in [3.8, 4) is 5.69 Å². The minimum atomic E-state index is -0.103. The largest absolute Gasteiger partial charge is 0.348 e. The van der Waals surface area contributed by atoms with Gasteiger partial charge in [0.15, 0.2) is 5.69 Å². The Bertz CT molecular complexity index is 1090. The van der Waals surface area contributed by atoms with Gasteiger partial charge in [0, 0.05) is 38.1 Å². The van der Waals surface area contributed by atoms with E-state index >= 15 is 0 Å². The van der Waals surface area contributed by atoms with E-state index in [-0.39, 0.29) is 11.9 Å². The lowest BCUT2D eigenvalue weighted by molar-refractivity contribution is 0.0922. The van der Waals surface area contributed by atoms with Crippen LogP contribution in [0.3, 0.4) is 0 Å². The molecule has 0 saturated heterocycles. The number of amides is 1. The van der Waals surface area contributed by atoms with Crippen molar-refractivity contribution >= 4 is 5.91 Å². The van der Waals surface area contributed by atoms with E-state index in [1.54, 1.807) is 0 Å². The number of fused-ring (bicyclic) bond motifs is 1. The van der Waals surface area contributed by atoms with Crippen molar-refractivity contribution in [1.29, 1.82) is 0 Å². The number of carbonyl (C=O) groups excluding carboxylic acids is 1. The minimum Gasteiger partial charge on any atom is -0.348 e. The Morgan fingerprint density at radius 1 is 1.12 bits per heavy atom. The summed E-state index contributed by atoms with van der Waals surface area (Å²) in [6, 6.07) is 10.8. The van der Waals surface area contributed by atoms with Gasteiger partial charge in [0.1, 0.15) is 0 Å². The van der Waals surface area contributed by atoms with Crippen molar-refractivity contribution in [2.45, 2.75) is 64.6 Å². The fourth-order valence-electron chi connectivity index (χ4n) is 5.00. The van der Waals surface area contributed by atoms with E-state index in [4.69, 9.17) is 0 Å². The number of pyridine rings is 1. The predicted molar refractivity (Wildman–Crippen MR) is 122 cm³/mol. The molecule has 0 unspecified atom stereocenters. The summed E-state index contributed by atoms with van der Waals surface area (Å²) < 4.78 is 1.84. The number of aromatic nitrogens is 4. The van der Waals surface area contributed by atoms with Gasteiger partial charge < -0.3 is 5.32 Å². The molecule has 1 aliphatic heterocycles. The van der Waals surface area contributed by atoms with Gasteiger partial charge in [-0.1, -0.05) is 36.6 Å². The molecule has 3 heterocycles. The van der Waals surface area contributed by atoms with Gasteiger partial charge in [-0.05, 0) is 61.1 Å². The van der Waals surface area contributed by atoms with Crippen LogP contribution in [0.5, 0.6) is 0 Å². The minimum absolute atomic E-state index is 0.103. The highest BCUT2D eigenvalue weighted by Crippen LogP contribution is 2.27. The lowest BCUT2D eigenvalue weighted by Crippen LogP contribution is -2.36. The van der Waals surface area contributed by atoms with E-state index in [0.29, 0.717) is 5.69 Å². The van der Waals surface area contributed by atoms with Crippen molar-refractivity contribution in [3.05, 3.63) is 70.8 Å². The van der Waals surface area contributed by atoms with Gasteiger partial charge in [-0.25, -0.2) is 4.68 Å². The van der Waals surface area contributed by atoms with Gasteiger partial charge in [-0.3, -0.25) is 14.7 Å². The Kier molecular flexibility index (Phi) is 5.99. The molecule has 1 amide bonds. The average molecular weight is 431 g/mol. The highest BCUT2D eigenvalue weighted by molar-refractivity contribution is 5.93. The van der Waals surface area contributed by atoms with Crippen LogP contribution in [0, 0.1) is 6.92 Å². The molecule has 1 saturated carbocycles. The maximum Gasteiger partial charge on any atom is 0.273 e. The molecule has 3 aromatic rings. The number of benzene rings is 1. The molecular formula is C25H30N6O. The number of nitrogens with zero attached hydrogens (tertiary/aromatic N) is 5. The first kappa shape index (κ1) is 20.8. The predicted octanol–water partition coefficient (Wildman–Crippen LogP) is 3.59. The van der Waals surface area contributed by atoms with Crippen molar-refractivity contribution in [2.24, 2.45) is 0 Å². The van der Waals surface area contributed by atoms with Gasteiger partial charge in [0.05, 0.1) is 11.4 Å². The summed E-state index contributed by atoms with van der Waals surface area (Å²) >= 11 is 0. The van der Waals surface area contributed by atoms with Crippen LogP contribution >= 0.6 is 0 Å². The first-order valence-corrected chi connectivity index (χ1v) is 11.6. The quantitative estimate of drug-likeness (QED) is 0.669. The van der Waals surface area contributed by atoms with Crippen molar-refractivity contribution in [3.63, 3.8) is 0 Å². The highest BCUT2D eigenvalue weighted by Gasteiger charge is 2.24. The summed E-state index contributed by atoms with van der Waals surface area (Å²) in [6.07, 6.45) is 10.4. The fourth-order valence-corrected chi connectivity index (χ4v) is 5.00. The highest BCUT2D eigenvalue weighted by atomic mass is 16.2. The Morgan fingerprint density at radius 3 is 2.75 bits per heavy atom. The monoisotopic (exact) mass is 430 g/mol. The molecule has 7 nitrogen and oxygen atoms in total. The van der Waals surface area contributed by atoms with Crippen LogP contribution in [-0.4, -0.2) is 43.4 Å². The summed E-state index contributed by atoms with van der Waals surface area (Å²) in [5, 5.41) is 11.8. The van der Waals surface area contributed by atoms with Crippen molar-refractivity contribution < 1.29 is 4.79 Å². The molecule has 1 aliphatic carbocycles. The number of carbonyl (C=O) groups is 1. The van der Waals surface area contributed by atoms with E-state index in [0.717, 1.165) is 50.3 Å². The maximum atomic E-state index is 12.8. The topological polar surface area (TPSA) is 75.9 Å². The standard InChI is InChI=1S/C25H30N6O/c1-18-24(25(32)27-21-7-3-2-4-8-21)28-29-31(18)23-9-5-6-20-17-30(15-12-22(20)23)16-19-10-13-26-14-11-19/h5-6,9-11,13-14,21H,2-4,7-8,12,15-17H2,1H3,(H,27,32). The molecule has 7 heteroatoms. The lowest BCUT2D eigenvalue weighted by Gasteiger charge is -2.30. The zero-order valence-corrected chi connectivity index (χ0v) is 18.6. The van der Waals surface area contributed by atoms with Crippen LogP contribution < -0.4 is 5.32 Å². The number of nitrogens with one attached hydrogen (secondary N) is 1.